The maximum atomic E-state index is 11.3. The van der Waals surface area contributed by atoms with Crippen molar-refractivity contribution in [1.29, 1.82) is 5.26 Å². The quantitative estimate of drug-likeness (QED) is 0.145. The van der Waals surface area contributed by atoms with Gasteiger partial charge in [-0.1, -0.05) is 237 Å². The van der Waals surface area contributed by atoms with Crippen molar-refractivity contribution in [1.82, 2.24) is 19.1 Å². The van der Waals surface area contributed by atoms with Crippen LogP contribution in [-0.2, 0) is 0 Å². The van der Waals surface area contributed by atoms with Gasteiger partial charge in [-0.2, -0.15) is 5.26 Å². The summed E-state index contributed by atoms with van der Waals surface area (Å²) in [6.45, 7) is 0. The van der Waals surface area contributed by atoms with E-state index >= 15 is 0 Å². The van der Waals surface area contributed by atoms with Crippen molar-refractivity contribution in [3.05, 3.63) is 279 Å². The Labute approximate surface area is 440 Å². The molecule has 5 heteroatoms. The number of fused-ring (bicyclic) bond motifs is 6. The van der Waals surface area contributed by atoms with E-state index in [1.165, 1.54) is 0 Å². The molecule has 14 aromatic rings. The summed E-state index contributed by atoms with van der Waals surface area (Å²) < 4.78 is 4.89. The van der Waals surface area contributed by atoms with Gasteiger partial charge in [-0.25, -0.2) is 9.97 Å². The summed E-state index contributed by atoms with van der Waals surface area (Å²) in [7, 11) is 0. The molecule has 11 aromatic carbocycles. The normalized spacial score (nSPS) is 11.4. The maximum Gasteiger partial charge on any atom is 0.163 e. The first kappa shape index (κ1) is 44.3. The van der Waals surface area contributed by atoms with Crippen LogP contribution in [-0.4, -0.2) is 19.1 Å². The SMILES string of the molecule is N#Cc1c(-c2ccccc2)nc(-c2c(-c3ccccc3)c(-c3ccccc3)c(-c3ccccc3)c(-c3ccccc3)c2-n2c3ccccc3c3cc4c(cc32)c2ccccc2n4-c2ccccc2)nc1-c1ccccc1. The highest BCUT2D eigenvalue weighted by molar-refractivity contribution is 6.21. The van der Waals surface area contributed by atoms with E-state index in [0.29, 0.717) is 22.8 Å². The minimum absolute atomic E-state index is 0.408. The van der Waals surface area contributed by atoms with E-state index in [2.05, 4.69) is 228 Å². The molecule has 0 N–H and O–H groups in total. The Morgan fingerprint density at radius 2 is 0.618 bits per heavy atom. The first-order chi connectivity index (χ1) is 37.7. The third-order valence-electron chi connectivity index (χ3n) is 14.8. The van der Waals surface area contributed by atoms with Gasteiger partial charge in [0.05, 0.1) is 44.7 Å². The fourth-order valence-electron chi connectivity index (χ4n) is 11.6. The smallest absolute Gasteiger partial charge is 0.163 e. The number of hydrogen-bond donors (Lipinski definition) is 0. The largest absolute Gasteiger partial charge is 0.309 e. The molecule has 76 heavy (non-hydrogen) atoms. The van der Waals surface area contributed by atoms with E-state index in [0.717, 1.165) is 116 Å². The highest BCUT2D eigenvalue weighted by Crippen LogP contribution is 2.56. The highest BCUT2D eigenvalue weighted by Gasteiger charge is 2.33. The lowest BCUT2D eigenvalue weighted by atomic mass is 9.78. The van der Waals surface area contributed by atoms with Gasteiger partial charge in [-0.3, -0.25) is 0 Å². The highest BCUT2D eigenvalue weighted by atomic mass is 15.0. The second-order valence-corrected chi connectivity index (χ2v) is 19.1. The topological polar surface area (TPSA) is 59.4 Å². The molecule has 0 aliphatic rings. The first-order valence-corrected chi connectivity index (χ1v) is 25.6. The number of rotatable bonds is 9. The summed E-state index contributed by atoms with van der Waals surface area (Å²) in [5.74, 6) is 0.493. The maximum absolute atomic E-state index is 11.3. The second kappa shape index (κ2) is 18.6. The van der Waals surface area contributed by atoms with Gasteiger partial charge < -0.3 is 9.13 Å². The molecule has 0 fully saturated rings. The van der Waals surface area contributed by atoms with Gasteiger partial charge in [0.2, 0.25) is 0 Å². The Morgan fingerprint density at radius 3 is 1.05 bits per heavy atom. The van der Waals surface area contributed by atoms with Crippen molar-refractivity contribution in [3.63, 3.8) is 0 Å². The minimum Gasteiger partial charge on any atom is -0.309 e. The summed E-state index contributed by atoms with van der Waals surface area (Å²) in [6, 6.07) is 98.9. The minimum atomic E-state index is 0.408. The van der Waals surface area contributed by atoms with E-state index < -0.39 is 0 Å². The summed E-state index contributed by atoms with van der Waals surface area (Å²) in [4.78, 5) is 11.5. The molecule has 0 atom stereocenters. The van der Waals surface area contributed by atoms with Gasteiger partial charge in [0.15, 0.2) is 5.82 Å². The van der Waals surface area contributed by atoms with Crippen LogP contribution in [0.15, 0.2) is 273 Å². The van der Waals surface area contributed by atoms with Crippen molar-refractivity contribution >= 4 is 43.6 Å². The molecule has 0 bridgehead atoms. The van der Waals surface area contributed by atoms with Crippen LogP contribution in [0.4, 0.5) is 0 Å². The van der Waals surface area contributed by atoms with Gasteiger partial charge in [0, 0.05) is 55.0 Å². The summed E-state index contributed by atoms with van der Waals surface area (Å²) >= 11 is 0. The second-order valence-electron chi connectivity index (χ2n) is 19.1. The molecule has 0 amide bonds. The average Bonchev–Trinajstić information content (AvgIpc) is 4.06. The van der Waals surface area contributed by atoms with Crippen molar-refractivity contribution in [3.8, 4) is 95.9 Å². The van der Waals surface area contributed by atoms with Crippen LogP contribution < -0.4 is 0 Å². The summed E-state index contributed by atoms with van der Waals surface area (Å²) in [5, 5.41) is 15.8. The molecular formula is C71H45N5. The molecule has 0 saturated carbocycles. The Hall–Kier alpha value is -10.4. The Balaban J connectivity index is 1.28. The number of nitriles is 1. The molecular weight excluding hydrogens is 923 g/mol. The summed E-state index contributed by atoms with van der Waals surface area (Å²) in [6.07, 6.45) is 0. The summed E-state index contributed by atoms with van der Waals surface area (Å²) in [5.41, 5.74) is 18.6. The van der Waals surface area contributed by atoms with Crippen LogP contribution >= 0.6 is 0 Å². The zero-order valence-electron chi connectivity index (χ0n) is 41.2. The molecule has 0 saturated heterocycles. The number of benzene rings is 11. The van der Waals surface area contributed by atoms with Crippen LogP contribution in [0.2, 0.25) is 0 Å². The van der Waals surface area contributed by atoms with E-state index in [4.69, 9.17) is 9.97 Å². The van der Waals surface area contributed by atoms with Crippen molar-refractivity contribution in [2.75, 3.05) is 0 Å². The number of para-hydroxylation sites is 3. The average molecular weight is 968 g/mol. The monoisotopic (exact) mass is 967 g/mol. The predicted octanol–water partition coefficient (Wildman–Crippen LogP) is 18.2. The first-order valence-electron chi connectivity index (χ1n) is 25.6. The molecule has 0 unspecified atom stereocenters. The van der Waals surface area contributed by atoms with E-state index in [9.17, 15) is 5.26 Å². The van der Waals surface area contributed by atoms with Crippen molar-refractivity contribution in [2.45, 2.75) is 0 Å². The van der Waals surface area contributed by atoms with E-state index in [-0.39, 0.29) is 0 Å². The Kier molecular flexibility index (Phi) is 10.8. The van der Waals surface area contributed by atoms with Crippen LogP contribution in [0.1, 0.15) is 5.56 Å². The van der Waals surface area contributed by atoms with E-state index in [1.807, 2.05) is 60.7 Å². The van der Waals surface area contributed by atoms with Gasteiger partial charge in [-0.05, 0) is 64.2 Å². The van der Waals surface area contributed by atoms with Crippen LogP contribution in [0.3, 0.4) is 0 Å². The number of hydrogen-bond acceptors (Lipinski definition) is 3. The van der Waals surface area contributed by atoms with Gasteiger partial charge in [0.25, 0.3) is 0 Å². The standard InChI is InChI=1S/C71H45N5/c72-46-58-68(51-34-16-5-17-35-51)73-71(74-69(58)52-36-18-6-19-37-52)67-65(49-30-12-3-13-31-49)63(47-26-8-1-9-27-47)64(48-28-10-2-11-29-48)66(50-32-14-4-15-33-50)70(67)76-60-43-25-23-41-55(60)57-44-61-56(45-62(57)76)54-40-22-24-42-59(54)75(61)53-38-20-7-21-39-53/h1-45H. The molecule has 0 aliphatic heterocycles. The van der Waals surface area contributed by atoms with Crippen molar-refractivity contribution < 1.29 is 0 Å². The molecule has 3 aromatic heterocycles. The van der Waals surface area contributed by atoms with Crippen LogP contribution in [0.25, 0.3) is 133 Å². The lowest BCUT2D eigenvalue weighted by Crippen LogP contribution is -2.10. The third-order valence-corrected chi connectivity index (χ3v) is 14.8. The number of nitrogens with zero attached hydrogens (tertiary/aromatic N) is 5. The zero-order valence-corrected chi connectivity index (χ0v) is 41.2. The Bertz CT molecular complexity index is 4460. The molecule has 354 valence electrons. The predicted molar refractivity (Wildman–Crippen MR) is 313 cm³/mol. The fourth-order valence-corrected chi connectivity index (χ4v) is 11.6. The molecule has 5 nitrogen and oxygen atoms in total. The van der Waals surface area contributed by atoms with Gasteiger partial charge in [-0.15, -0.1) is 0 Å². The van der Waals surface area contributed by atoms with Gasteiger partial charge in [0.1, 0.15) is 11.6 Å². The molecule has 0 aliphatic carbocycles. The number of aromatic nitrogens is 4. The third kappa shape index (κ3) is 7.23. The molecule has 0 spiro atoms. The molecule has 0 radical (unpaired) electrons. The van der Waals surface area contributed by atoms with Crippen LogP contribution in [0, 0.1) is 11.3 Å². The van der Waals surface area contributed by atoms with Crippen LogP contribution in [0.5, 0.6) is 0 Å². The van der Waals surface area contributed by atoms with E-state index in [1.54, 1.807) is 0 Å². The lowest BCUT2D eigenvalue weighted by molar-refractivity contribution is 1.13. The van der Waals surface area contributed by atoms with Gasteiger partial charge >= 0.3 is 0 Å². The van der Waals surface area contributed by atoms with Crippen molar-refractivity contribution in [2.24, 2.45) is 0 Å². The zero-order chi connectivity index (χ0) is 50.5. The fraction of sp³-hybridized carbons (Fsp3) is 0. The Morgan fingerprint density at radius 1 is 0.289 bits per heavy atom. The lowest BCUT2D eigenvalue weighted by Gasteiger charge is -2.29. The molecule has 3 heterocycles. The molecule has 14 rings (SSSR count).